The van der Waals surface area contributed by atoms with Crippen molar-refractivity contribution in [1.29, 1.82) is 5.26 Å². The number of benzene rings is 2. The Balaban J connectivity index is 1.66. The highest BCUT2D eigenvalue weighted by molar-refractivity contribution is 6.01. The lowest BCUT2D eigenvalue weighted by Gasteiger charge is -2.21. The van der Waals surface area contributed by atoms with Crippen LogP contribution in [0.1, 0.15) is 39.5 Å². The Morgan fingerprint density at radius 1 is 1.04 bits per heavy atom. The van der Waals surface area contributed by atoms with Gasteiger partial charge in [0.1, 0.15) is 13.2 Å². The molecule has 1 atom stereocenters. The molecule has 2 aliphatic heterocycles. The van der Waals surface area contributed by atoms with Gasteiger partial charge in [0.2, 0.25) is 0 Å². The number of fused-ring (bicyclic) bond motifs is 4. The number of ether oxygens (including phenoxy) is 2. The minimum Gasteiger partial charge on any atom is -0.486 e. The first-order chi connectivity index (χ1) is 13.2. The molecule has 0 N–H and O–H groups in total. The minimum absolute atomic E-state index is 0.0695. The summed E-state index contributed by atoms with van der Waals surface area (Å²) >= 11 is 0. The highest BCUT2D eigenvalue weighted by atomic mass is 16.6. The Kier molecular flexibility index (Phi) is 3.51. The third-order valence-corrected chi connectivity index (χ3v) is 5.19. The number of hydrogen-bond donors (Lipinski definition) is 0. The number of hydrogen-bond acceptors (Lipinski definition) is 4. The van der Waals surface area contributed by atoms with E-state index < -0.39 is 0 Å². The van der Waals surface area contributed by atoms with Gasteiger partial charge in [0.25, 0.3) is 0 Å². The number of Topliss-reactive ketones (excluding diaryl/α,β-unsaturated/α-hetero) is 1. The number of nitriles is 1. The van der Waals surface area contributed by atoms with Crippen LogP contribution in [-0.2, 0) is 0 Å². The predicted octanol–water partition coefficient (Wildman–Crippen LogP) is 3.84. The largest absolute Gasteiger partial charge is 0.486 e. The molecule has 2 aliphatic rings. The molecule has 27 heavy (non-hydrogen) atoms. The first kappa shape index (κ1) is 15.7. The van der Waals surface area contributed by atoms with Crippen LogP contribution >= 0.6 is 0 Å². The van der Waals surface area contributed by atoms with E-state index in [9.17, 15) is 4.79 Å². The third kappa shape index (κ3) is 2.49. The summed E-state index contributed by atoms with van der Waals surface area (Å²) in [6.45, 7) is 0.995. The average molecular weight is 356 g/mol. The molecule has 5 nitrogen and oxygen atoms in total. The van der Waals surface area contributed by atoms with Crippen LogP contribution in [0.15, 0.2) is 54.7 Å². The van der Waals surface area contributed by atoms with Gasteiger partial charge in [0.15, 0.2) is 17.3 Å². The Bertz CT molecular complexity index is 1090. The van der Waals surface area contributed by atoms with Crippen molar-refractivity contribution in [2.75, 3.05) is 13.2 Å². The van der Waals surface area contributed by atoms with Crippen LogP contribution in [0.25, 0.3) is 5.69 Å². The van der Waals surface area contributed by atoms with Gasteiger partial charge >= 0.3 is 0 Å². The van der Waals surface area contributed by atoms with Gasteiger partial charge in [-0.2, -0.15) is 5.26 Å². The summed E-state index contributed by atoms with van der Waals surface area (Å²) in [5.41, 5.74) is 4.14. The van der Waals surface area contributed by atoms with Crippen molar-refractivity contribution in [3.8, 4) is 23.3 Å². The summed E-state index contributed by atoms with van der Waals surface area (Å²) in [6, 6.07) is 17.3. The first-order valence-electron chi connectivity index (χ1n) is 8.89. The molecule has 1 aromatic heterocycles. The van der Waals surface area contributed by atoms with Gasteiger partial charge in [-0.05, 0) is 35.9 Å². The van der Waals surface area contributed by atoms with Crippen LogP contribution in [0.3, 0.4) is 0 Å². The molecule has 5 heteroatoms. The molecule has 0 bridgehead atoms. The number of rotatable bonds is 1. The monoisotopic (exact) mass is 356 g/mol. The van der Waals surface area contributed by atoms with Crippen molar-refractivity contribution < 1.29 is 14.3 Å². The van der Waals surface area contributed by atoms with E-state index in [4.69, 9.17) is 14.7 Å². The maximum Gasteiger partial charge on any atom is 0.166 e. The van der Waals surface area contributed by atoms with Gasteiger partial charge in [-0.15, -0.1) is 0 Å². The number of nitrogens with zero attached hydrogens (tertiary/aromatic N) is 2. The molecule has 0 amide bonds. The normalized spacial score (nSPS) is 17.4. The zero-order chi connectivity index (χ0) is 18.4. The van der Waals surface area contributed by atoms with Crippen LogP contribution in [0.4, 0.5) is 0 Å². The lowest BCUT2D eigenvalue weighted by Crippen LogP contribution is -2.16. The van der Waals surface area contributed by atoms with E-state index in [1.165, 1.54) is 0 Å². The van der Waals surface area contributed by atoms with E-state index in [0.29, 0.717) is 42.3 Å². The maximum absolute atomic E-state index is 13.1. The predicted molar refractivity (Wildman–Crippen MR) is 98.7 cm³/mol. The van der Waals surface area contributed by atoms with E-state index in [2.05, 4.69) is 10.6 Å². The SMILES string of the molecule is N#Cc1ccc([C@@H]2CC(=O)c3cc4c(cc3-n3cccc32)OCCO4)cc1. The summed E-state index contributed by atoms with van der Waals surface area (Å²) in [4.78, 5) is 13.1. The van der Waals surface area contributed by atoms with Crippen molar-refractivity contribution in [2.45, 2.75) is 12.3 Å². The molecule has 0 unspecified atom stereocenters. The summed E-state index contributed by atoms with van der Waals surface area (Å²) in [6.07, 6.45) is 2.34. The van der Waals surface area contributed by atoms with Gasteiger partial charge in [-0.25, -0.2) is 0 Å². The minimum atomic E-state index is -0.0773. The van der Waals surface area contributed by atoms with Crippen LogP contribution in [-0.4, -0.2) is 23.6 Å². The molecule has 0 saturated heterocycles. The topological polar surface area (TPSA) is 64.2 Å². The summed E-state index contributed by atoms with van der Waals surface area (Å²) < 4.78 is 13.4. The van der Waals surface area contributed by atoms with Crippen molar-refractivity contribution in [3.05, 3.63) is 77.1 Å². The molecular formula is C22H16N2O3. The quantitative estimate of drug-likeness (QED) is 0.665. The molecule has 132 valence electrons. The third-order valence-electron chi connectivity index (χ3n) is 5.19. The highest BCUT2D eigenvalue weighted by Gasteiger charge is 2.30. The van der Waals surface area contributed by atoms with Gasteiger partial charge in [-0.1, -0.05) is 12.1 Å². The van der Waals surface area contributed by atoms with Crippen LogP contribution in [0, 0.1) is 11.3 Å². The number of ketones is 1. The van der Waals surface area contributed by atoms with Gasteiger partial charge in [0.05, 0.1) is 17.3 Å². The Hall–Kier alpha value is -3.52. The molecule has 0 aliphatic carbocycles. The second-order valence-electron chi connectivity index (χ2n) is 6.73. The van der Waals surface area contributed by atoms with E-state index >= 15 is 0 Å². The fourth-order valence-electron chi connectivity index (χ4n) is 3.88. The zero-order valence-corrected chi connectivity index (χ0v) is 14.5. The zero-order valence-electron chi connectivity index (χ0n) is 14.5. The first-order valence-corrected chi connectivity index (χ1v) is 8.89. The van der Waals surface area contributed by atoms with Crippen LogP contribution in [0.5, 0.6) is 11.5 Å². The maximum atomic E-state index is 13.1. The average Bonchev–Trinajstić information content (AvgIpc) is 3.16. The second kappa shape index (κ2) is 6.03. The van der Waals surface area contributed by atoms with E-state index in [0.717, 1.165) is 16.9 Å². The highest BCUT2D eigenvalue weighted by Crippen LogP contribution is 2.41. The van der Waals surface area contributed by atoms with Crippen molar-refractivity contribution in [2.24, 2.45) is 0 Å². The molecule has 3 heterocycles. The molecule has 5 rings (SSSR count). The second-order valence-corrected chi connectivity index (χ2v) is 6.73. The van der Waals surface area contributed by atoms with E-state index in [1.807, 2.05) is 36.5 Å². The summed E-state index contributed by atoms with van der Waals surface area (Å²) in [7, 11) is 0. The van der Waals surface area contributed by atoms with E-state index in [1.54, 1.807) is 18.2 Å². The van der Waals surface area contributed by atoms with Crippen LogP contribution in [0.2, 0.25) is 0 Å². The number of carbonyl (C=O) groups excluding carboxylic acids is 1. The molecule has 0 spiro atoms. The molecular weight excluding hydrogens is 340 g/mol. The Labute approximate surface area is 156 Å². The van der Waals surface area contributed by atoms with Crippen molar-refractivity contribution >= 4 is 5.78 Å². The lowest BCUT2D eigenvalue weighted by atomic mass is 9.89. The Morgan fingerprint density at radius 3 is 2.52 bits per heavy atom. The number of carbonyl (C=O) groups is 1. The summed E-state index contributed by atoms with van der Waals surface area (Å²) in [5, 5.41) is 9.04. The number of aromatic nitrogens is 1. The molecule has 2 aromatic carbocycles. The fourth-order valence-corrected chi connectivity index (χ4v) is 3.88. The molecule has 0 saturated carbocycles. The van der Waals surface area contributed by atoms with E-state index in [-0.39, 0.29) is 11.7 Å². The van der Waals surface area contributed by atoms with Crippen LogP contribution < -0.4 is 9.47 Å². The van der Waals surface area contributed by atoms with Gasteiger partial charge < -0.3 is 14.0 Å². The van der Waals surface area contributed by atoms with Gasteiger partial charge in [0, 0.05) is 35.9 Å². The van der Waals surface area contributed by atoms with Crippen molar-refractivity contribution in [1.82, 2.24) is 4.57 Å². The summed E-state index contributed by atoms with van der Waals surface area (Å²) in [5.74, 6) is 1.29. The smallest absolute Gasteiger partial charge is 0.166 e. The molecule has 0 fully saturated rings. The van der Waals surface area contributed by atoms with Crippen molar-refractivity contribution in [3.63, 3.8) is 0 Å². The Morgan fingerprint density at radius 2 is 1.78 bits per heavy atom. The molecule has 3 aromatic rings. The molecule has 0 radical (unpaired) electrons. The van der Waals surface area contributed by atoms with Gasteiger partial charge in [-0.3, -0.25) is 4.79 Å². The standard InChI is InChI=1S/C22H16N2O3/c23-13-14-3-5-15(6-4-14)16-10-20(25)17-11-21-22(27-9-8-26-21)12-19(17)24-7-1-2-18(16)24/h1-7,11-12,16H,8-10H2/t16-/m0/s1. The fraction of sp³-hybridized carbons (Fsp3) is 0.182. The lowest BCUT2D eigenvalue weighted by molar-refractivity contribution is 0.0978.